The number of amides is 1. The van der Waals surface area contributed by atoms with Gasteiger partial charge in [0, 0.05) is 18.7 Å². The molecule has 0 saturated carbocycles. The van der Waals surface area contributed by atoms with Crippen LogP contribution in [0.15, 0.2) is 48.5 Å². The molecule has 0 radical (unpaired) electrons. The van der Waals surface area contributed by atoms with Crippen molar-refractivity contribution in [1.29, 1.82) is 0 Å². The van der Waals surface area contributed by atoms with Gasteiger partial charge >= 0.3 is 0 Å². The first kappa shape index (κ1) is 17.4. The molecule has 1 aliphatic rings. The average molecular weight is 343 g/mol. The molecule has 0 spiro atoms. The second-order valence-corrected chi connectivity index (χ2v) is 6.36. The molecule has 5 heteroatoms. The highest BCUT2D eigenvalue weighted by molar-refractivity contribution is 5.94. The van der Waals surface area contributed by atoms with E-state index in [0.717, 1.165) is 5.56 Å². The van der Waals surface area contributed by atoms with Gasteiger partial charge in [0.2, 0.25) is 0 Å². The highest BCUT2D eigenvalue weighted by Gasteiger charge is 2.28. The molecule has 1 heterocycles. The molecule has 0 unspecified atom stereocenters. The summed E-state index contributed by atoms with van der Waals surface area (Å²) in [5.74, 6) is 0.399. The van der Waals surface area contributed by atoms with Gasteiger partial charge in [-0.25, -0.2) is 4.39 Å². The Hall–Kier alpha value is -2.40. The molecule has 1 aliphatic heterocycles. The minimum atomic E-state index is -0.630. The molecule has 1 N–H and O–H groups in total. The minimum absolute atomic E-state index is 0.0198. The zero-order valence-electron chi connectivity index (χ0n) is 14.2. The van der Waals surface area contributed by atoms with Crippen LogP contribution in [-0.2, 0) is 0 Å². The third-order valence-electron chi connectivity index (χ3n) is 4.80. The Bertz CT molecular complexity index is 724. The number of ether oxygens (including phenoxy) is 1. The fraction of sp³-hybridized carbons (Fsp3) is 0.350. The van der Waals surface area contributed by atoms with Crippen molar-refractivity contribution >= 4 is 5.91 Å². The molecule has 2 aromatic carbocycles. The number of aliphatic hydroxyl groups is 1. The first-order valence-electron chi connectivity index (χ1n) is 8.45. The number of likely N-dealkylation sites (tertiary alicyclic amines) is 1. The SMILES string of the molecule is COc1cccc(C(=O)N2CCC([C@H](O)c3ccc(F)cc3)CC2)c1. The third kappa shape index (κ3) is 3.99. The molecule has 3 rings (SSSR count). The Labute approximate surface area is 146 Å². The predicted molar refractivity (Wildman–Crippen MR) is 93.0 cm³/mol. The molecule has 0 aromatic heterocycles. The van der Waals surface area contributed by atoms with Crippen molar-refractivity contribution in [2.24, 2.45) is 5.92 Å². The maximum Gasteiger partial charge on any atom is 0.253 e. The molecule has 4 nitrogen and oxygen atoms in total. The molecule has 1 fully saturated rings. The number of methoxy groups -OCH3 is 1. The summed E-state index contributed by atoms with van der Waals surface area (Å²) in [6, 6.07) is 13.1. The molecule has 1 saturated heterocycles. The van der Waals surface area contributed by atoms with Gasteiger partial charge in [-0.3, -0.25) is 4.79 Å². The van der Waals surface area contributed by atoms with E-state index in [4.69, 9.17) is 4.74 Å². The van der Waals surface area contributed by atoms with Gasteiger partial charge in [-0.05, 0) is 54.7 Å². The number of aliphatic hydroxyl groups excluding tert-OH is 1. The van der Waals surface area contributed by atoms with Gasteiger partial charge in [-0.1, -0.05) is 18.2 Å². The number of nitrogens with zero attached hydrogens (tertiary/aromatic N) is 1. The summed E-state index contributed by atoms with van der Waals surface area (Å²) in [4.78, 5) is 14.4. The topological polar surface area (TPSA) is 49.8 Å². The number of hydrogen-bond acceptors (Lipinski definition) is 3. The second-order valence-electron chi connectivity index (χ2n) is 6.36. The van der Waals surface area contributed by atoms with Crippen LogP contribution in [0.3, 0.4) is 0 Å². The van der Waals surface area contributed by atoms with E-state index in [1.807, 2.05) is 11.0 Å². The fourth-order valence-electron chi connectivity index (χ4n) is 3.29. The predicted octanol–water partition coefficient (Wildman–Crippen LogP) is 3.42. The molecule has 25 heavy (non-hydrogen) atoms. The van der Waals surface area contributed by atoms with E-state index in [2.05, 4.69) is 0 Å². The number of benzene rings is 2. The van der Waals surface area contributed by atoms with Gasteiger partial charge in [0.15, 0.2) is 0 Å². The number of hydrogen-bond donors (Lipinski definition) is 1. The van der Waals surface area contributed by atoms with Crippen LogP contribution in [0.4, 0.5) is 4.39 Å². The van der Waals surface area contributed by atoms with Gasteiger partial charge in [0.05, 0.1) is 13.2 Å². The quantitative estimate of drug-likeness (QED) is 0.925. The largest absolute Gasteiger partial charge is 0.497 e. The fourth-order valence-corrected chi connectivity index (χ4v) is 3.29. The Kier molecular flexibility index (Phi) is 5.34. The molecule has 0 bridgehead atoms. The van der Waals surface area contributed by atoms with Gasteiger partial charge in [0.25, 0.3) is 5.91 Å². The van der Waals surface area contributed by atoms with E-state index in [1.165, 1.54) is 12.1 Å². The van der Waals surface area contributed by atoms with E-state index in [1.54, 1.807) is 37.4 Å². The molecule has 2 aromatic rings. The van der Waals surface area contributed by atoms with Crippen LogP contribution >= 0.6 is 0 Å². The van der Waals surface area contributed by atoms with Crippen LogP contribution < -0.4 is 4.74 Å². The Morgan fingerprint density at radius 3 is 2.52 bits per heavy atom. The zero-order valence-corrected chi connectivity index (χ0v) is 14.2. The van der Waals surface area contributed by atoms with Gasteiger partial charge in [-0.15, -0.1) is 0 Å². The zero-order chi connectivity index (χ0) is 17.8. The van der Waals surface area contributed by atoms with Crippen LogP contribution in [0.1, 0.15) is 34.9 Å². The van der Waals surface area contributed by atoms with Crippen molar-refractivity contribution in [3.05, 3.63) is 65.5 Å². The van der Waals surface area contributed by atoms with Crippen molar-refractivity contribution in [2.45, 2.75) is 18.9 Å². The van der Waals surface area contributed by atoms with Crippen LogP contribution in [0.5, 0.6) is 5.75 Å². The summed E-state index contributed by atoms with van der Waals surface area (Å²) in [6.07, 6.45) is 0.803. The first-order chi connectivity index (χ1) is 12.1. The van der Waals surface area contributed by atoms with E-state index < -0.39 is 6.10 Å². The van der Waals surface area contributed by atoms with Gasteiger partial charge < -0.3 is 14.7 Å². The van der Waals surface area contributed by atoms with Crippen LogP contribution in [0.25, 0.3) is 0 Å². The molecule has 0 aliphatic carbocycles. The van der Waals surface area contributed by atoms with Gasteiger partial charge in [-0.2, -0.15) is 0 Å². The summed E-state index contributed by atoms with van der Waals surface area (Å²) in [5, 5.41) is 10.5. The Morgan fingerprint density at radius 1 is 1.20 bits per heavy atom. The highest BCUT2D eigenvalue weighted by Crippen LogP contribution is 2.31. The molecular formula is C20H22FNO3. The van der Waals surface area contributed by atoms with Gasteiger partial charge in [0.1, 0.15) is 11.6 Å². The Morgan fingerprint density at radius 2 is 1.88 bits per heavy atom. The van der Waals surface area contributed by atoms with E-state index in [-0.39, 0.29) is 17.6 Å². The summed E-state index contributed by atoms with van der Waals surface area (Å²) < 4.78 is 18.2. The summed E-state index contributed by atoms with van der Waals surface area (Å²) in [6.45, 7) is 1.19. The van der Waals surface area contributed by atoms with Crippen molar-refractivity contribution < 1.29 is 19.0 Å². The first-order valence-corrected chi connectivity index (χ1v) is 8.45. The summed E-state index contributed by atoms with van der Waals surface area (Å²) in [7, 11) is 1.58. The maximum atomic E-state index is 13.0. The van der Waals surface area contributed by atoms with E-state index >= 15 is 0 Å². The summed E-state index contributed by atoms with van der Waals surface area (Å²) in [5.41, 5.74) is 1.33. The van der Waals surface area contributed by atoms with E-state index in [9.17, 15) is 14.3 Å². The normalized spacial score (nSPS) is 16.5. The molecule has 1 amide bonds. The Balaban J connectivity index is 1.61. The van der Waals surface area contributed by atoms with E-state index in [0.29, 0.717) is 37.2 Å². The second kappa shape index (κ2) is 7.66. The third-order valence-corrected chi connectivity index (χ3v) is 4.80. The smallest absolute Gasteiger partial charge is 0.253 e. The molecule has 132 valence electrons. The van der Waals surface area contributed by atoms with Crippen molar-refractivity contribution in [3.8, 4) is 5.75 Å². The number of rotatable bonds is 4. The standard InChI is InChI=1S/C20H22FNO3/c1-25-18-4-2-3-16(13-18)20(24)22-11-9-15(10-12-22)19(23)14-5-7-17(21)8-6-14/h2-8,13,15,19,23H,9-12H2,1H3/t19-/m1/s1. The lowest BCUT2D eigenvalue weighted by Gasteiger charge is -2.34. The number of piperidine rings is 1. The monoisotopic (exact) mass is 343 g/mol. The number of carbonyl (C=O) groups excluding carboxylic acids is 1. The lowest BCUT2D eigenvalue weighted by Crippen LogP contribution is -2.39. The molecule has 1 atom stereocenters. The summed E-state index contributed by atoms with van der Waals surface area (Å²) >= 11 is 0. The van der Waals surface area contributed by atoms with Crippen molar-refractivity contribution in [2.75, 3.05) is 20.2 Å². The lowest BCUT2D eigenvalue weighted by atomic mass is 9.87. The number of carbonyl (C=O) groups is 1. The number of halogens is 1. The maximum absolute atomic E-state index is 13.0. The molecular weight excluding hydrogens is 321 g/mol. The van der Waals surface area contributed by atoms with Crippen molar-refractivity contribution in [1.82, 2.24) is 4.90 Å². The van der Waals surface area contributed by atoms with Crippen LogP contribution in [0.2, 0.25) is 0 Å². The van der Waals surface area contributed by atoms with Crippen LogP contribution in [-0.4, -0.2) is 36.1 Å². The van der Waals surface area contributed by atoms with Crippen molar-refractivity contribution in [3.63, 3.8) is 0 Å². The average Bonchev–Trinajstić information content (AvgIpc) is 2.67. The highest BCUT2D eigenvalue weighted by atomic mass is 19.1. The van der Waals surface area contributed by atoms with Crippen LogP contribution in [0, 0.1) is 11.7 Å². The minimum Gasteiger partial charge on any atom is -0.497 e. The lowest BCUT2D eigenvalue weighted by molar-refractivity contribution is 0.0462.